The number of aromatic amines is 1. The summed E-state index contributed by atoms with van der Waals surface area (Å²) in [5.74, 6) is 0.741. The van der Waals surface area contributed by atoms with Crippen molar-refractivity contribution in [1.29, 1.82) is 0 Å². The van der Waals surface area contributed by atoms with E-state index < -0.39 is 0 Å². The molecule has 0 aliphatic heterocycles. The fraction of sp³-hybridized carbons (Fsp3) is 0.250. The van der Waals surface area contributed by atoms with E-state index in [-0.39, 0.29) is 11.6 Å². The summed E-state index contributed by atoms with van der Waals surface area (Å²) >= 11 is 0. The number of aryl methyl sites for hydroxylation is 1. The number of fused-ring (bicyclic) bond motifs is 1. The molecule has 126 valence electrons. The molecular formula is C20H20N4O. The zero-order valence-electron chi connectivity index (χ0n) is 13.9. The van der Waals surface area contributed by atoms with Crippen LogP contribution in [0.3, 0.4) is 0 Å². The normalized spacial score (nSPS) is 16.4. The molecule has 0 radical (unpaired) electrons. The molecule has 1 atom stereocenters. The van der Waals surface area contributed by atoms with Gasteiger partial charge in [0.1, 0.15) is 0 Å². The first-order chi connectivity index (χ1) is 12.3. The van der Waals surface area contributed by atoms with Gasteiger partial charge in [-0.15, -0.1) is 0 Å². The Morgan fingerprint density at radius 2 is 1.88 bits per heavy atom. The molecule has 2 N–H and O–H groups in total. The van der Waals surface area contributed by atoms with Gasteiger partial charge < -0.3 is 10.3 Å². The summed E-state index contributed by atoms with van der Waals surface area (Å²) in [6, 6.07) is 13.8. The molecule has 5 nitrogen and oxygen atoms in total. The molecule has 4 rings (SSSR count). The molecule has 0 saturated carbocycles. The Morgan fingerprint density at radius 3 is 2.68 bits per heavy atom. The van der Waals surface area contributed by atoms with Gasteiger partial charge in [0.15, 0.2) is 5.82 Å². The number of H-pyrrole nitrogens is 1. The second kappa shape index (κ2) is 6.99. The van der Waals surface area contributed by atoms with Crippen LogP contribution in [0.25, 0.3) is 11.4 Å². The average Bonchev–Trinajstić information content (AvgIpc) is 2.67. The molecule has 0 amide bonds. The zero-order chi connectivity index (χ0) is 17.1. The number of rotatable bonds is 4. The van der Waals surface area contributed by atoms with E-state index in [9.17, 15) is 4.79 Å². The topological polar surface area (TPSA) is 70.7 Å². The molecule has 3 aromatic rings. The quantitative estimate of drug-likeness (QED) is 0.770. The number of benzene rings is 1. The van der Waals surface area contributed by atoms with Crippen LogP contribution in [-0.2, 0) is 13.0 Å². The summed E-state index contributed by atoms with van der Waals surface area (Å²) in [7, 11) is 0. The first-order valence-electron chi connectivity index (χ1n) is 8.61. The highest BCUT2D eigenvalue weighted by Gasteiger charge is 2.20. The Kier molecular flexibility index (Phi) is 4.39. The second-order valence-corrected chi connectivity index (χ2v) is 6.36. The van der Waals surface area contributed by atoms with Crippen LogP contribution < -0.4 is 10.9 Å². The van der Waals surface area contributed by atoms with Gasteiger partial charge in [-0.2, -0.15) is 0 Å². The second-order valence-electron chi connectivity index (χ2n) is 6.36. The van der Waals surface area contributed by atoms with E-state index in [1.807, 2.05) is 48.8 Å². The molecule has 1 unspecified atom stereocenters. The molecule has 1 aliphatic carbocycles. The van der Waals surface area contributed by atoms with Gasteiger partial charge in [0, 0.05) is 47.9 Å². The van der Waals surface area contributed by atoms with E-state index in [1.54, 1.807) is 6.07 Å². The van der Waals surface area contributed by atoms with Crippen molar-refractivity contribution in [2.24, 2.45) is 0 Å². The molecule has 2 heterocycles. The first-order valence-corrected chi connectivity index (χ1v) is 8.61. The summed E-state index contributed by atoms with van der Waals surface area (Å²) in [5.41, 5.74) is 4.31. The fourth-order valence-corrected chi connectivity index (χ4v) is 3.34. The van der Waals surface area contributed by atoms with Gasteiger partial charge in [-0.05, 0) is 24.8 Å². The highest BCUT2D eigenvalue weighted by Crippen LogP contribution is 2.27. The highest BCUT2D eigenvalue weighted by atomic mass is 16.1. The molecule has 1 aliphatic rings. The largest absolute Gasteiger partial charge is 0.326 e. The SMILES string of the molecule is O=c1ccc2c([nH]1)CCCC2NCc1cnc(-c2ccccc2)nc1. The van der Waals surface area contributed by atoms with Crippen LogP contribution >= 0.6 is 0 Å². The lowest BCUT2D eigenvalue weighted by Crippen LogP contribution is -2.27. The number of nitrogens with one attached hydrogen (secondary N) is 2. The van der Waals surface area contributed by atoms with Gasteiger partial charge in [-0.25, -0.2) is 9.97 Å². The van der Waals surface area contributed by atoms with Crippen LogP contribution in [0.5, 0.6) is 0 Å². The molecule has 0 fully saturated rings. The minimum absolute atomic E-state index is 0.0238. The van der Waals surface area contributed by atoms with Crippen molar-refractivity contribution >= 4 is 0 Å². The molecule has 2 aromatic heterocycles. The minimum Gasteiger partial charge on any atom is -0.326 e. The maximum atomic E-state index is 11.5. The number of nitrogens with zero attached hydrogens (tertiary/aromatic N) is 2. The Balaban J connectivity index is 1.45. The van der Waals surface area contributed by atoms with Gasteiger partial charge >= 0.3 is 0 Å². The van der Waals surface area contributed by atoms with Crippen molar-refractivity contribution in [1.82, 2.24) is 20.3 Å². The maximum absolute atomic E-state index is 11.5. The Hall–Kier alpha value is -2.79. The fourth-order valence-electron chi connectivity index (χ4n) is 3.34. The molecule has 1 aromatic carbocycles. The van der Waals surface area contributed by atoms with Gasteiger partial charge in [0.05, 0.1) is 0 Å². The minimum atomic E-state index is -0.0238. The molecule has 5 heteroatoms. The van der Waals surface area contributed by atoms with Crippen LogP contribution in [-0.4, -0.2) is 15.0 Å². The number of hydrogen-bond acceptors (Lipinski definition) is 4. The Bertz CT molecular complexity index is 903. The zero-order valence-corrected chi connectivity index (χ0v) is 13.9. The third-order valence-electron chi connectivity index (χ3n) is 4.62. The van der Waals surface area contributed by atoms with Crippen molar-refractivity contribution in [3.63, 3.8) is 0 Å². The number of hydrogen-bond donors (Lipinski definition) is 2. The lowest BCUT2D eigenvalue weighted by molar-refractivity contribution is 0.453. The molecule has 0 spiro atoms. The van der Waals surface area contributed by atoms with Crippen molar-refractivity contribution in [2.75, 3.05) is 0 Å². The lowest BCUT2D eigenvalue weighted by Gasteiger charge is -2.26. The summed E-state index contributed by atoms with van der Waals surface area (Å²) in [6.45, 7) is 0.707. The van der Waals surface area contributed by atoms with E-state index in [0.29, 0.717) is 6.54 Å². The molecule has 25 heavy (non-hydrogen) atoms. The third kappa shape index (κ3) is 3.51. The number of pyridine rings is 1. The van der Waals surface area contributed by atoms with Crippen molar-refractivity contribution in [3.8, 4) is 11.4 Å². The smallest absolute Gasteiger partial charge is 0.248 e. The standard InChI is InChI=1S/C20H20N4O/c25-19-10-9-16-17(7-4-8-18(16)24-19)21-11-14-12-22-20(23-13-14)15-5-2-1-3-6-15/h1-3,5-6,9-10,12-13,17,21H,4,7-8,11H2,(H,24,25). The van der Waals surface area contributed by atoms with E-state index in [4.69, 9.17) is 0 Å². The summed E-state index contributed by atoms with van der Waals surface area (Å²) < 4.78 is 0. The van der Waals surface area contributed by atoms with E-state index in [0.717, 1.165) is 41.9 Å². The van der Waals surface area contributed by atoms with E-state index >= 15 is 0 Å². The lowest BCUT2D eigenvalue weighted by atomic mass is 9.91. The van der Waals surface area contributed by atoms with Crippen LogP contribution in [0, 0.1) is 0 Å². The first kappa shape index (κ1) is 15.7. The van der Waals surface area contributed by atoms with Gasteiger partial charge in [-0.1, -0.05) is 36.4 Å². The Morgan fingerprint density at radius 1 is 1.08 bits per heavy atom. The predicted molar refractivity (Wildman–Crippen MR) is 97.0 cm³/mol. The van der Waals surface area contributed by atoms with Crippen LogP contribution in [0.4, 0.5) is 0 Å². The van der Waals surface area contributed by atoms with Crippen LogP contribution in [0.15, 0.2) is 59.7 Å². The van der Waals surface area contributed by atoms with Crippen molar-refractivity contribution in [2.45, 2.75) is 31.8 Å². The van der Waals surface area contributed by atoms with Gasteiger partial charge in [0.25, 0.3) is 0 Å². The van der Waals surface area contributed by atoms with Crippen LogP contribution in [0.1, 0.15) is 35.7 Å². The molecule has 0 bridgehead atoms. The maximum Gasteiger partial charge on any atom is 0.248 e. The van der Waals surface area contributed by atoms with E-state index in [1.165, 1.54) is 5.56 Å². The number of aromatic nitrogens is 3. The third-order valence-corrected chi connectivity index (χ3v) is 4.62. The van der Waals surface area contributed by atoms with Crippen molar-refractivity contribution < 1.29 is 0 Å². The predicted octanol–water partition coefficient (Wildman–Crippen LogP) is 3.00. The molecule has 0 saturated heterocycles. The van der Waals surface area contributed by atoms with Gasteiger partial charge in [-0.3, -0.25) is 4.79 Å². The summed E-state index contributed by atoms with van der Waals surface area (Å²) in [6.07, 6.45) is 6.84. The summed E-state index contributed by atoms with van der Waals surface area (Å²) in [5, 5.41) is 3.57. The average molecular weight is 332 g/mol. The van der Waals surface area contributed by atoms with Crippen LogP contribution in [0.2, 0.25) is 0 Å². The van der Waals surface area contributed by atoms with Gasteiger partial charge in [0.2, 0.25) is 5.56 Å². The molecular weight excluding hydrogens is 312 g/mol. The van der Waals surface area contributed by atoms with E-state index in [2.05, 4.69) is 20.3 Å². The highest BCUT2D eigenvalue weighted by molar-refractivity contribution is 5.53. The monoisotopic (exact) mass is 332 g/mol. The summed E-state index contributed by atoms with van der Waals surface area (Å²) in [4.78, 5) is 23.4. The van der Waals surface area contributed by atoms with Crippen molar-refractivity contribution in [3.05, 3.63) is 82.0 Å². The Labute approximate surface area is 146 Å².